The van der Waals surface area contributed by atoms with Crippen LogP contribution in [0, 0.1) is 0 Å². The zero-order valence-corrected chi connectivity index (χ0v) is 12.7. The van der Waals surface area contributed by atoms with Gasteiger partial charge in [0.05, 0.1) is 4.90 Å². The number of hydrogen-bond acceptors (Lipinski definition) is 5. The Labute approximate surface area is 125 Å². The highest BCUT2D eigenvalue weighted by molar-refractivity contribution is 7.89. The van der Waals surface area contributed by atoms with E-state index in [1.807, 2.05) is 0 Å². The van der Waals surface area contributed by atoms with E-state index in [4.69, 9.17) is 15.6 Å². The van der Waals surface area contributed by atoms with Crippen molar-refractivity contribution < 1.29 is 13.2 Å². The molecule has 0 aromatic heterocycles. The number of halogens is 1. The molecule has 1 heterocycles. The SMILES string of the molecule is Cl.N[C@H]1CCN(CCOc2ccc(S(N)(=O)=O)cc2)C1. The van der Waals surface area contributed by atoms with Gasteiger partial charge in [0, 0.05) is 19.1 Å². The van der Waals surface area contributed by atoms with Crippen molar-refractivity contribution in [1.82, 2.24) is 4.90 Å². The molecule has 0 spiro atoms. The first kappa shape index (κ1) is 17.2. The lowest BCUT2D eigenvalue weighted by atomic mass is 10.3. The lowest BCUT2D eigenvalue weighted by molar-refractivity contribution is 0.236. The fraction of sp³-hybridized carbons (Fsp3) is 0.500. The molecule has 1 aromatic carbocycles. The predicted molar refractivity (Wildman–Crippen MR) is 79.6 cm³/mol. The molecular formula is C12H20ClN3O3S. The molecule has 1 aliphatic heterocycles. The number of sulfonamides is 1. The molecule has 4 N–H and O–H groups in total. The van der Waals surface area contributed by atoms with E-state index in [-0.39, 0.29) is 23.3 Å². The molecule has 0 radical (unpaired) electrons. The van der Waals surface area contributed by atoms with Gasteiger partial charge in [-0.1, -0.05) is 0 Å². The van der Waals surface area contributed by atoms with Gasteiger partial charge in [0.25, 0.3) is 0 Å². The lowest BCUT2D eigenvalue weighted by Crippen LogP contribution is -2.29. The molecule has 20 heavy (non-hydrogen) atoms. The minimum absolute atomic E-state index is 0. The lowest BCUT2D eigenvalue weighted by Gasteiger charge is -2.15. The highest BCUT2D eigenvalue weighted by Gasteiger charge is 2.18. The van der Waals surface area contributed by atoms with Gasteiger partial charge in [0.1, 0.15) is 12.4 Å². The van der Waals surface area contributed by atoms with Gasteiger partial charge in [0.15, 0.2) is 0 Å². The number of primary sulfonamides is 1. The summed E-state index contributed by atoms with van der Waals surface area (Å²) in [5, 5.41) is 5.02. The summed E-state index contributed by atoms with van der Waals surface area (Å²) in [5.74, 6) is 0.635. The highest BCUT2D eigenvalue weighted by Crippen LogP contribution is 2.15. The van der Waals surface area contributed by atoms with Gasteiger partial charge < -0.3 is 10.5 Å². The molecule has 1 saturated heterocycles. The van der Waals surface area contributed by atoms with E-state index in [0.29, 0.717) is 12.4 Å². The zero-order chi connectivity index (χ0) is 13.9. The highest BCUT2D eigenvalue weighted by atomic mass is 35.5. The number of hydrogen-bond donors (Lipinski definition) is 2. The van der Waals surface area contributed by atoms with Crippen LogP contribution in [0.4, 0.5) is 0 Å². The summed E-state index contributed by atoms with van der Waals surface area (Å²) in [6.45, 7) is 3.30. The summed E-state index contributed by atoms with van der Waals surface area (Å²) in [7, 11) is -3.64. The maximum absolute atomic E-state index is 11.1. The van der Waals surface area contributed by atoms with E-state index in [2.05, 4.69) is 4.90 Å². The normalized spacial score (nSPS) is 19.6. The minimum Gasteiger partial charge on any atom is -0.492 e. The Kier molecular flexibility index (Phi) is 6.22. The monoisotopic (exact) mass is 321 g/mol. The molecule has 1 aromatic rings. The van der Waals surface area contributed by atoms with Crippen LogP contribution in [0.5, 0.6) is 5.75 Å². The summed E-state index contributed by atoms with van der Waals surface area (Å²) >= 11 is 0. The molecular weight excluding hydrogens is 302 g/mol. The second-order valence-corrected chi connectivity index (χ2v) is 6.28. The van der Waals surface area contributed by atoms with Crippen LogP contribution in [-0.4, -0.2) is 45.6 Å². The first-order valence-corrected chi connectivity index (χ1v) is 7.73. The van der Waals surface area contributed by atoms with Crippen molar-refractivity contribution in [3.63, 3.8) is 0 Å². The second-order valence-electron chi connectivity index (χ2n) is 4.71. The summed E-state index contributed by atoms with van der Waals surface area (Å²) in [4.78, 5) is 2.34. The molecule has 6 nitrogen and oxygen atoms in total. The van der Waals surface area contributed by atoms with Crippen LogP contribution in [-0.2, 0) is 10.0 Å². The smallest absolute Gasteiger partial charge is 0.238 e. The van der Waals surface area contributed by atoms with Crippen molar-refractivity contribution in [1.29, 1.82) is 0 Å². The van der Waals surface area contributed by atoms with E-state index in [1.165, 1.54) is 12.1 Å². The predicted octanol–water partition coefficient (Wildman–Crippen LogP) is 0.168. The average Bonchev–Trinajstić information content (AvgIpc) is 2.75. The fourth-order valence-electron chi connectivity index (χ4n) is 2.08. The average molecular weight is 322 g/mol. The third-order valence-electron chi connectivity index (χ3n) is 3.14. The molecule has 1 atom stereocenters. The maximum Gasteiger partial charge on any atom is 0.238 e. The third-order valence-corrected chi connectivity index (χ3v) is 4.07. The number of benzene rings is 1. The Hall–Kier alpha value is -0.860. The molecule has 1 aliphatic rings. The standard InChI is InChI=1S/C12H19N3O3S.ClH/c13-10-5-6-15(9-10)7-8-18-11-1-3-12(4-2-11)19(14,16)17;/h1-4,10H,5-9,13H2,(H2,14,16,17);1H/t10-;/m0./s1. The van der Waals surface area contributed by atoms with Gasteiger partial charge in [-0.2, -0.15) is 0 Å². The summed E-state index contributed by atoms with van der Waals surface area (Å²) in [5.41, 5.74) is 5.81. The van der Waals surface area contributed by atoms with Crippen LogP contribution in [0.25, 0.3) is 0 Å². The largest absolute Gasteiger partial charge is 0.492 e. The van der Waals surface area contributed by atoms with E-state index < -0.39 is 10.0 Å². The van der Waals surface area contributed by atoms with E-state index in [9.17, 15) is 8.42 Å². The summed E-state index contributed by atoms with van der Waals surface area (Å²) < 4.78 is 27.7. The molecule has 0 amide bonds. The fourth-order valence-corrected chi connectivity index (χ4v) is 2.60. The van der Waals surface area contributed by atoms with Crippen molar-refractivity contribution in [2.24, 2.45) is 10.9 Å². The number of nitrogens with zero attached hydrogens (tertiary/aromatic N) is 1. The van der Waals surface area contributed by atoms with Crippen LogP contribution in [0.2, 0.25) is 0 Å². The van der Waals surface area contributed by atoms with Crippen LogP contribution >= 0.6 is 12.4 Å². The number of likely N-dealkylation sites (tertiary alicyclic amines) is 1. The topological polar surface area (TPSA) is 98.6 Å². The Balaban J connectivity index is 0.00000200. The van der Waals surface area contributed by atoms with Gasteiger partial charge in [-0.05, 0) is 37.2 Å². The van der Waals surface area contributed by atoms with Gasteiger partial charge in [-0.3, -0.25) is 4.90 Å². The van der Waals surface area contributed by atoms with Crippen molar-refractivity contribution in [2.75, 3.05) is 26.2 Å². The molecule has 0 unspecified atom stereocenters. The summed E-state index contributed by atoms with van der Waals surface area (Å²) in [6, 6.07) is 6.37. The Morgan fingerprint density at radius 1 is 1.30 bits per heavy atom. The molecule has 0 saturated carbocycles. The number of ether oxygens (including phenoxy) is 1. The van der Waals surface area contributed by atoms with E-state index >= 15 is 0 Å². The molecule has 114 valence electrons. The van der Waals surface area contributed by atoms with Crippen LogP contribution in [0.15, 0.2) is 29.2 Å². The quantitative estimate of drug-likeness (QED) is 0.805. The van der Waals surface area contributed by atoms with Crippen molar-refractivity contribution in [2.45, 2.75) is 17.4 Å². The van der Waals surface area contributed by atoms with Crippen LogP contribution in [0.3, 0.4) is 0 Å². The first-order valence-electron chi connectivity index (χ1n) is 6.19. The Morgan fingerprint density at radius 3 is 2.45 bits per heavy atom. The molecule has 1 fully saturated rings. The Morgan fingerprint density at radius 2 is 1.95 bits per heavy atom. The van der Waals surface area contributed by atoms with E-state index in [1.54, 1.807) is 12.1 Å². The van der Waals surface area contributed by atoms with Crippen molar-refractivity contribution in [3.8, 4) is 5.75 Å². The van der Waals surface area contributed by atoms with Gasteiger partial charge in [-0.15, -0.1) is 12.4 Å². The van der Waals surface area contributed by atoms with Gasteiger partial charge >= 0.3 is 0 Å². The maximum atomic E-state index is 11.1. The number of nitrogens with two attached hydrogens (primary N) is 2. The minimum atomic E-state index is -3.64. The zero-order valence-electron chi connectivity index (χ0n) is 11.1. The van der Waals surface area contributed by atoms with E-state index in [0.717, 1.165) is 26.1 Å². The molecule has 0 aliphatic carbocycles. The molecule has 0 bridgehead atoms. The summed E-state index contributed by atoms with van der Waals surface area (Å²) in [6.07, 6.45) is 1.03. The second kappa shape index (κ2) is 7.24. The van der Waals surface area contributed by atoms with Crippen molar-refractivity contribution in [3.05, 3.63) is 24.3 Å². The first-order chi connectivity index (χ1) is 8.95. The Bertz CT molecular complexity index is 521. The molecule has 8 heteroatoms. The molecule has 2 rings (SSSR count). The third kappa shape index (κ3) is 4.92. The van der Waals surface area contributed by atoms with Crippen LogP contribution in [0.1, 0.15) is 6.42 Å². The van der Waals surface area contributed by atoms with Gasteiger partial charge in [0.2, 0.25) is 10.0 Å². The van der Waals surface area contributed by atoms with Crippen LogP contribution < -0.4 is 15.6 Å². The number of rotatable bonds is 5. The van der Waals surface area contributed by atoms with Crippen molar-refractivity contribution >= 4 is 22.4 Å². The van der Waals surface area contributed by atoms with Gasteiger partial charge in [-0.25, -0.2) is 13.6 Å².